The number of nitrogens with one attached hydrogen (secondary N) is 1. The van der Waals surface area contributed by atoms with Crippen molar-refractivity contribution in [2.24, 2.45) is 4.99 Å². The second-order valence-electron chi connectivity index (χ2n) is 7.48. The molecule has 0 radical (unpaired) electrons. The number of nitrogens with zero attached hydrogens (tertiary/aromatic N) is 1. The van der Waals surface area contributed by atoms with E-state index in [-0.39, 0.29) is 6.17 Å². The third-order valence-electron chi connectivity index (χ3n) is 5.38. The minimum Gasteiger partial charge on any atom is -0.360 e. The molecular weight excluding hydrogens is 400 g/mol. The van der Waals surface area contributed by atoms with Gasteiger partial charge in [-0.05, 0) is 40.5 Å². The van der Waals surface area contributed by atoms with Crippen molar-refractivity contribution in [3.8, 4) is 11.1 Å². The SMILES string of the molecule is Clc1cccc(C2=NC(c3ccccc3)NC(c3ccc(-c4ccccc4)cc3)=C2)c1. The molecule has 1 aliphatic heterocycles. The van der Waals surface area contributed by atoms with Gasteiger partial charge in [0.15, 0.2) is 0 Å². The summed E-state index contributed by atoms with van der Waals surface area (Å²) >= 11 is 6.26. The standard InChI is InChI=1S/C28H21ClN2/c29-25-13-7-12-24(18-25)27-19-26(30-28(31-27)23-10-5-2-6-11-23)22-16-14-21(15-17-22)20-8-3-1-4-9-20/h1-19,28,30H. The first-order valence-electron chi connectivity index (χ1n) is 10.3. The van der Waals surface area contributed by atoms with Crippen LogP contribution in [0.1, 0.15) is 22.9 Å². The number of hydrogen-bond donors (Lipinski definition) is 1. The van der Waals surface area contributed by atoms with Crippen molar-refractivity contribution in [3.05, 3.63) is 137 Å². The molecule has 150 valence electrons. The van der Waals surface area contributed by atoms with E-state index in [9.17, 15) is 0 Å². The second-order valence-corrected chi connectivity index (χ2v) is 7.92. The Labute approximate surface area is 187 Å². The van der Waals surface area contributed by atoms with Crippen molar-refractivity contribution in [1.82, 2.24) is 5.32 Å². The highest BCUT2D eigenvalue weighted by Crippen LogP contribution is 2.28. The van der Waals surface area contributed by atoms with Crippen molar-refractivity contribution in [2.75, 3.05) is 0 Å². The van der Waals surface area contributed by atoms with Gasteiger partial charge in [-0.25, -0.2) is 0 Å². The first-order chi connectivity index (χ1) is 15.3. The van der Waals surface area contributed by atoms with E-state index in [4.69, 9.17) is 16.6 Å². The molecule has 1 aliphatic rings. The minimum absolute atomic E-state index is 0.163. The quantitative estimate of drug-likeness (QED) is 0.372. The van der Waals surface area contributed by atoms with E-state index in [1.807, 2.05) is 48.5 Å². The van der Waals surface area contributed by atoms with Gasteiger partial charge in [-0.1, -0.05) is 109 Å². The Morgan fingerprint density at radius 1 is 0.613 bits per heavy atom. The molecule has 0 aromatic heterocycles. The van der Waals surface area contributed by atoms with Gasteiger partial charge >= 0.3 is 0 Å². The molecule has 3 heteroatoms. The van der Waals surface area contributed by atoms with Crippen LogP contribution in [0.5, 0.6) is 0 Å². The number of rotatable bonds is 4. The maximum atomic E-state index is 6.26. The lowest BCUT2D eigenvalue weighted by molar-refractivity contribution is 0.664. The number of benzene rings is 4. The van der Waals surface area contributed by atoms with Crippen LogP contribution in [-0.2, 0) is 0 Å². The van der Waals surface area contributed by atoms with Crippen molar-refractivity contribution >= 4 is 23.0 Å². The third kappa shape index (κ3) is 4.30. The summed E-state index contributed by atoms with van der Waals surface area (Å²) in [5, 5.41) is 4.31. The summed E-state index contributed by atoms with van der Waals surface area (Å²) in [4.78, 5) is 4.97. The molecule has 2 nitrogen and oxygen atoms in total. The van der Waals surface area contributed by atoms with E-state index >= 15 is 0 Å². The molecule has 5 rings (SSSR count). The molecule has 31 heavy (non-hydrogen) atoms. The van der Waals surface area contributed by atoms with Gasteiger partial charge in [-0.3, -0.25) is 4.99 Å². The zero-order chi connectivity index (χ0) is 21.0. The van der Waals surface area contributed by atoms with Gasteiger partial charge in [0.25, 0.3) is 0 Å². The molecule has 1 unspecified atom stereocenters. The highest BCUT2D eigenvalue weighted by molar-refractivity contribution is 6.31. The predicted octanol–water partition coefficient (Wildman–Crippen LogP) is 7.14. The van der Waals surface area contributed by atoms with Crippen LogP contribution in [0.4, 0.5) is 0 Å². The van der Waals surface area contributed by atoms with Gasteiger partial charge < -0.3 is 5.32 Å². The largest absolute Gasteiger partial charge is 0.360 e. The summed E-state index contributed by atoms with van der Waals surface area (Å²) in [6.07, 6.45) is 1.94. The maximum Gasteiger partial charge on any atom is 0.145 e. The van der Waals surface area contributed by atoms with E-state index in [0.717, 1.165) is 28.1 Å². The van der Waals surface area contributed by atoms with Gasteiger partial charge in [0.1, 0.15) is 6.17 Å². The fourth-order valence-corrected chi connectivity index (χ4v) is 3.96. The second kappa shape index (κ2) is 8.63. The average Bonchev–Trinajstić information content (AvgIpc) is 2.85. The molecule has 4 aromatic carbocycles. The Hall–Kier alpha value is -3.62. The molecule has 1 atom stereocenters. The van der Waals surface area contributed by atoms with Crippen LogP contribution in [0.25, 0.3) is 16.8 Å². The van der Waals surface area contributed by atoms with Gasteiger partial charge in [0, 0.05) is 16.3 Å². The van der Waals surface area contributed by atoms with Crippen LogP contribution >= 0.6 is 11.6 Å². The average molecular weight is 421 g/mol. The number of allylic oxidation sites excluding steroid dienone is 1. The summed E-state index contributed by atoms with van der Waals surface area (Å²) in [5.41, 5.74) is 7.61. The predicted molar refractivity (Wildman–Crippen MR) is 130 cm³/mol. The van der Waals surface area contributed by atoms with Crippen LogP contribution in [-0.4, -0.2) is 5.71 Å². The first kappa shape index (κ1) is 19.3. The van der Waals surface area contributed by atoms with Gasteiger partial charge in [0.05, 0.1) is 5.71 Å². The Morgan fingerprint density at radius 3 is 1.94 bits per heavy atom. The van der Waals surface area contributed by atoms with Crippen molar-refractivity contribution < 1.29 is 0 Å². The highest BCUT2D eigenvalue weighted by atomic mass is 35.5. The molecule has 1 N–H and O–H groups in total. The molecule has 0 amide bonds. The van der Waals surface area contributed by atoms with E-state index in [1.54, 1.807) is 0 Å². The molecule has 4 aromatic rings. The molecule has 0 aliphatic carbocycles. The molecule has 0 saturated carbocycles. The molecule has 0 spiro atoms. The maximum absolute atomic E-state index is 6.26. The summed E-state index contributed by atoms with van der Waals surface area (Å²) in [5.74, 6) is 0. The van der Waals surface area contributed by atoms with Crippen LogP contribution in [0.3, 0.4) is 0 Å². The fourth-order valence-electron chi connectivity index (χ4n) is 3.77. The molecule has 0 bridgehead atoms. The van der Waals surface area contributed by atoms with Crippen LogP contribution < -0.4 is 5.32 Å². The normalized spacial score (nSPS) is 15.6. The van der Waals surface area contributed by atoms with Crippen LogP contribution in [0, 0.1) is 0 Å². The minimum atomic E-state index is -0.163. The van der Waals surface area contributed by atoms with E-state index < -0.39 is 0 Å². The van der Waals surface area contributed by atoms with E-state index in [2.05, 4.69) is 72.1 Å². The topological polar surface area (TPSA) is 24.4 Å². The van der Waals surface area contributed by atoms with Crippen molar-refractivity contribution in [2.45, 2.75) is 6.17 Å². The molecule has 0 saturated heterocycles. The zero-order valence-electron chi connectivity index (χ0n) is 16.9. The monoisotopic (exact) mass is 420 g/mol. The Morgan fingerprint density at radius 2 is 1.23 bits per heavy atom. The Bertz CT molecular complexity index is 1240. The summed E-state index contributed by atoms with van der Waals surface area (Å²) in [6, 6.07) is 37.2. The zero-order valence-corrected chi connectivity index (χ0v) is 17.6. The van der Waals surface area contributed by atoms with E-state index in [0.29, 0.717) is 5.02 Å². The molecular formula is C28H21ClN2. The summed E-state index contributed by atoms with van der Waals surface area (Å²) in [6.45, 7) is 0. The highest BCUT2D eigenvalue weighted by Gasteiger charge is 2.19. The number of hydrogen-bond acceptors (Lipinski definition) is 2. The van der Waals surface area contributed by atoms with Crippen molar-refractivity contribution in [3.63, 3.8) is 0 Å². The summed E-state index contributed by atoms with van der Waals surface area (Å²) in [7, 11) is 0. The molecule has 0 fully saturated rings. The van der Waals surface area contributed by atoms with Gasteiger partial charge in [0.2, 0.25) is 0 Å². The third-order valence-corrected chi connectivity index (χ3v) is 5.62. The lowest BCUT2D eigenvalue weighted by Crippen LogP contribution is -2.24. The Kier molecular flexibility index (Phi) is 5.39. The van der Waals surface area contributed by atoms with Crippen LogP contribution in [0.15, 0.2) is 120 Å². The van der Waals surface area contributed by atoms with Gasteiger partial charge in [-0.15, -0.1) is 0 Å². The first-order valence-corrected chi connectivity index (χ1v) is 10.7. The lowest BCUT2D eigenvalue weighted by atomic mass is 9.99. The number of halogens is 1. The smallest absolute Gasteiger partial charge is 0.145 e. The fraction of sp³-hybridized carbons (Fsp3) is 0.0357. The van der Waals surface area contributed by atoms with E-state index in [1.165, 1.54) is 11.1 Å². The lowest BCUT2D eigenvalue weighted by Gasteiger charge is -2.25. The molecule has 1 heterocycles. The Balaban J connectivity index is 1.53. The summed E-state index contributed by atoms with van der Waals surface area (Å²) < 4.78 is 0. The van der Waals surface area contributed by atoms with Crippen molar-refractivity contribution in [1.29, 1.82) is 0 Å². The van der Waals surface area contributed by atoms with Gasteiger partial charge in [-0.2, -0.15) is 0 Å². The van der Waals surface area contributed by atoms with Crippen LogP contribution in [0.2, 0.25) is 5.02 Å². The number of aliphatic imine (C=N–C) groups is 1.